The maximum absolute atomic E-state index is 12.9. The predicted octanol–water partition coefficient (Wildman–Crippen LogP) is 1.62. The van der Waals surface area contributed by atoms with Crippen LogP contribution in [0.4, 0.5) is 8.78 Å². The first-order valence-electron chi connectivity index (χ1n) is 8.18. The summed E-state index contributed by atoms with van der Waals surface area (Å²) in [5.41, 5.74) is 6.85. The molecule has 2 heterocycles. The summed E-state index contributed by atoms with van der Waals surface area (Å²) in [4.78, 5) is 20.3. The van der Waals surface area contributed by atoms with Gasteiger partial charge in [-0.3, -0.25) is 14.3 Å². The molecule has 25 heavy (non-hydrogen) atoms. The van der Waals surface area contributed by atoms with Gasteiger partial charge in [-0.2, -0.15) is 8.78 Å². The van der Waals surface area contributed by atoms with Crippen molar-refractivity contribution in [1.82, 2.24) is 19.4 Å². The SMILES string of the molecule is N[C@H](C(=O)N1CCN(Cc2nccn2C(F)F)CC1)c1ccccc1. The van der Waals surface area contributed by atoms with Gasteiger partial charge in [-0.1, -0.05) is 30.3 Å². The zero-order valence-corrected chi connectivity index (χ0v) is 13.8. The molecule has 2 aromatic rings. The van der Waals surface area contributed by atoms with Gasteiger partial charge in [0.2, 0.25) is 5.91 Å². The van der Waals surface area contributed by atoms with Crippen molar-refractivity contribution in [2.45, 2.75) is 19.1 Å². The van der Waals surface area contributed by atoms with Gasteiger partial charge < -0.3 is 10.6 Å². The van der Waals surface area contributed by atoms with Crippen molar-refractivity contribution in [3.63, 3.8) is 0 Å². The van der Waals surface area contributed by atoms with E-state index in [2.05, 4.69) is 4.98 Å². The number of hydrogen-bond acceptors (Lipinski definition) is 4. The molecule has 134 valence electrons. The van der Waals surface area contributed by atoms with Gasteiger partial charge >= 0.3 is 6.55 Å². The smallest absolute Gasteiger partial charge is 0.319 e. The second-order valence-corrected chi connectivity index (χ2v) is 6.02. The van der Waals surface area contributed by atoms with E-state index in [1.807, 2.05) is 35.2 Å². The molecule has 1 atom stereocenters. The minimum absolute atomic E-state index is 0.111. The number of carbonyl (C=O) groups is 1. The molecule has 1 fully saturated rings. The number of hydrogen-bond donors (Lipinski definition) is 1. The quantitative estimate of drug-likeness (QED) is 0.891. The van der Waals surface area contributed by atoms with Crippen LogP contribution in [-0.2, 0) is 11.3 Å². The fourth-order valence-electron chi connectivity index (χ4n) is 2.97. The maximum atomic E-state index is 12.9. The minimum atomic E-state index is -2.59. The van der Waals surface area contributed by atoms with Crippen molar-refractivity contribution >= 4 is 5.91 Å². The number of halogens is 2. The van der Waals surface area contributed by atoms with Crippen LogP contribution >= 0.6 is 0 Å². The Bertz CT molecular complexity index is 698. The summed E-state index contributed by atoms with van der Waals surface area (Å²) in [6, 6.07) is 8.58. The summed E-state index contributed by atoms with van der Waals surface area (Å²) in [5, 5.41) is 0. The molecule has 0 spiro atoms. The van der Waals surface area contributed by atoms with E-state index in [4.69, 9.17) is 5.73 Å². The third-order valence-corrected chi connectivity index (χ3v) is 4.43. The predicted molar refractivity (Wildman–Crippen MR) is 88.7 cm³/mol. The summed E-state index contributed by atoms with van der Waals surface area (Å²) < 4.78 is 26.6. The molecule has 0 saturated carbocycles. The number of benzene rings is 1. The fourth-order valence-corrected chi connectivity index (χ4v) is 2.97. The van der Waals surface area contributed by atoms with Crippen molar-refractivity contribution in [1.29, 1.82) is 0 Å². The van der Waals surface area contributed by atoms with Gasteiger partial charge in [0.1, 0.15) is 11.9 Å². The van der Waals surface area contributed by atoms with Crippen molar-refractivity contribution in [2.75, 3.05) is 26.2 Å². The van der Waals surface area contributed by atoms with E-state index in [1.165, 1.54) is 12.4 Å². The van der Waals surface area contributed by atoms with E-state index >= 15 is 0 Å². The molecule has 1 aliphatic heterocycles. The lowest BCUT2D eigenvalue weighted by Crippen LogP contribution is -2.50. The van der Waals surface area contributed by atoms with Crippen LogP contribution < -0.4 is 5.73 Å². The van der Waals surface area contributed by atoms with E-state index in [-0.39, 0.29) is 5.91 Å². The average Bonchev–Trinajstić information content (AvgIpc) is 3.10. The number of rotatable bonds is 5. The molecule has 3 rings (SSSR count). The van der Waals surface area contributed by atoms with E-state index in [0.717, 1.165) is 10.1 Å². The Kier molecular flexibility index (Phi) is 5.40. The first-order valence-corrected chi connectivity index (χ1v) is 8.18. The van der Waals surface area contributed by atoms with Crippen molar-refractivity contribution in [3.05, 3.63) is 54.1 Å². The summed E-state index contributed by atoms with van der Waals surface area (Å²) in [7, 11) is 0. The highest BCUT2D eigenvalue weighted by Gasteiger charge is 2.26. The van der Waals surface area contributed by atoms with E-state index in [0.29, 0.717) is 38.5 Å². The Hall–Kier alpha value is -2.32. The van der Waals surface area contributed by atoms with Gasteiger partial charge in [-0.15, -0.1) is 0 Å². The molecule has 1 amide bonds. The largest absolute Gasteiger partial charge is 0.338 e. The van der Waals surface area contributed by atoms with Crippen molar-refractivity contribution in [2.24, 2.45) is 5.73 Å². The molecule has 0 bridgehead atoms. The Labute approximate surface area is 144 Å². The summed E-state index contributed by atoms with van der Waals surface area (Å²) in [5.74, 6) is 0.218. The highest BCUT2D eigenvalue weighted by molar-refractivity contribution is 5.83. The number of carbonyl (C=O) groups excluding carboxylic acids is 1. The monoisotopic (exact) mass is 349 g/mol. The fraction of sp³-hybridized carbons (Fsp3) is 0.412. The van der Waals surface area contributed by atoms with Gasteiger partial charge in [-0.25, -0.2) is 4.98 Å². The zero-order valence-electron chi connectivity index (χ0n) is 13.8. The second-order valence-electron chi connectivity index (χ2n) is 6.02. The summed E-state index contributed by atoms with van der Waals surface area (Å²) >= 11 is 0. The van der Waals surface area contributed by atoms with Crippen LogP contribution in [0, 0.1) is 0 Å². The lowest BCUT2D eigenvalue weighted by molar-refractivity contribution is -0.134. The average molecular weight is 349 g/mol. The first-order chi connectivity index (χ1) is 12.1. The Balaban J connectivity index is 1.55. The Morgan fingerprint density at radius 2 is 1.84 bits per heavy atom. The van der Waals surface area contributed by atoms with Gasteiger partial charge in [-0.05, 0) is 5.56 Å². The number of nitrogens with zero attached hydrogens (tertiary/aromatic N) is 4. The minimum Gasteiger partial charge on any atom is -0.338 e. The first kappa shape index (κ1) is 17.5. The molecule has 2 N–H and O–H groups in total. The molecular formula is C17H21F2N5O. The topological polar surface area (TPSA) is 67.4 Å². The number of nitrogens with two attached hydrogens (primary N) is 1. The summed E-state index contributed by atoms with van der Waals surface area (Å²) in [6.45, 7) is -0.00965. The van der Waals surface area contributed by atoms with E-state index in [9.17, 15) is 13.6 Å². The molecule has 1 aromatic heterocycles. The van der Waals surface area contributed by atoms with Crippen LogP contribution in [0.1, 0.15) is 24.0 Å². The molecule has 1 saturated heterocycles. The molecule has 1 aromatic carbocycles. The van der Waals surface area contributed by atoms with Gasteiger partial charge in [0.25, 0.3) is 0 Å². The van der Waals surface area contributed by atoms with Crippen LogP contribution in [0.15, 0.2) is 42.7 Å². The Morgan fingerprint density at radius 1 is 1.16 bits per heavy atom. The van der Waals surface area contributed by atoms with Gasteiger partial charge in [0.15, 0.2) is 0 Å². The molecule has 0 radical (unpaired) electrons. The molecule has 1 aliphatic rings. The molecule has 6 nitrogen and oxygen atoms in total. The second kappa shape index (κ2) is 7.71. The zero-order chi connectivity index (χ0) is 17.8. The van der Waals surface area contributed by atoms with Crippen LogP contribution in [-0.4, -0.2) is 51.4 Å². The molecule has 8 heteroatoms. The lowest BCUT2D eigenvalue weighted by Gasteiger charge is -2.35. The van der Waals surface area contributed by atoms with Crippen LogP contribution in [0.5, 0.6) is 0 Å². The summed E-state index contributed by atoms with van der Waals surface area (Å²) in [6.07, 6.45) is 2.65. The standard InChI is InChI=1S/C17H21F2N5O/c18-17(19)24-7-6-21-14(24)12-22-8-10-23(11-9-22)16(25)15(20)13-4-2-1-3-5-13/h1-7,15,17H,8-12,20H2/t15-/m0/s1. The third-order valence-electron chi connectivity index (χ3n) is 4.43. The lowest BCUT2D eigenvalue weighted by atomic mass is 10.1. The van der Waals surface area contributed by atoms with Crippen molar-refractivity contribution < 1.29 is 13.6 Å². The number of imidazole rings is 1. The normalized spacial score (nSPS) is 17.0. The molecular weight excluding hydrogens is 328 g/mol. The Morgan fingerprint density at radius 3 is 2.48 bits per heavy atom. The maximum Gasteiger partial charge on any atom is 0.319 e. The highest BCUT2D eigenvalue weighted by atomic mass is 19.3. The highest BCUT2D eigenvalue weighted by Crippen LogP contribution is 2.17. The number of aromatic nitrogens is 2. The van der Waals surface area contributed by atoms with Gasteiger partial charge in [0, 0.05) is 38.6 Å². The number of amides is 1. The molecule has 0 unspecified atom stereocenters. The number of alkyl halides is 2. The van der Waals surface area contributed by atoms with Gasteiger partial charge in [0.05, 0.1) is 6.54 Å². The number of piperazine rings is 1. The van der Waals surface area contributed by atoms with Crippen LogP contribution in [0.25, 0.3) is 0 Å². The van der Waals surface area contributed by atoms with E-state index < -0.39 is 12.6 Å². The third kappa shape index (κ3) is 4.02. The molecule has 0 aliphatic carbocycles. The van der Waals surface area contributed by atoms with E-state index in [1.54, 1.807) is 4.90 Å². The van der Waals surface area contributed by atoms with Crippen LogP contribution in [0.3, 0.4) is 0 Å². The van der Waals surface area contributed by atoms with Crippen LogP contribution in [0.2, 0.25) is 0 Å². The van der Waals surface area contributed by atoms with Crippen molar-refractivity contribution in [3.8, 4) is 0 Å².